The number of carboxylic acid groups (broad SMARTS) is 1. The van der Waals surface area contributed by atoms with Gasteiger partial charge in [-0.3, -0.25) is 4.79 Å². The van der Waals surface area contributed by atoms with Gasteiger partial charge < -0.3 is 19.5 Å². The van der Waals surface area contributed by atoms with Crippen molar-refractivity contribution in [1.82, 2.24) is 4.90 Å². The highest BCUT2D eigenvalue weighted by Crippen LogP contribution is 2.51. The Hall–Kier alpha value is -1.75. The van der Waals surface area contributed by atoms with Gasteiger partial charge in [-0.15, -0.1) is 0 Å². The van der Waals surface area contributed by atoms with E-state index in [1.807, 2.05) is 25.2 Å². The average molecular weight is 263 g/mol. The molecule has 0 spiro atoms. The van der Waals surface area contributed by atoms with Crippen molar-refractivity contribution in [3.05, 3.63) is 23.8 Å². The third kappa shape index (κ3) is 1.61. The van der Waals surface area contributed by atoms with Crippen LogP contribution in [0.1, 0.15) is 11.5 Å². The fourth-order valence-electron chi connectivity index (χ4n) is 3.29. The Morgan fingerprint density at radius 3 is 3.05 bits per heavy atom. The number of para-hydroxylation sites is 1. The maximum atomic E-state index is 11.7. The van der Waals surface area contributed by atoms with Crippen molar-refractivity contribution in [2.45, 2.75) is 5.92 Å². The number of likely N-dealkylation sites (N-methyl/N-ethyl adjacent to an activating group) is 1. The van der Waals surface area contributed by atoms with Gasteiger partial charge in [-0.25, -0.2) is 0 Å². The highest BCUT2D eigenvalue weighted by atomic mass is 16.5. The fourth-order valence-corrected chi connectivity index (χ4v) is 3.29. The van der Waals surface area contributed by atoms with Crippen LogP contribution in [0.4, 0.5) is 0 Å². The number of carboxylic acids is 1. The first kappa shape index (κ1) is 12.3. The summed E-state index contributed by atoms with van der Waals surface area (Å²) >= 11 is 0. The maximum absolute atomic E-state index is 11.7. The molecule has 19 heavy (non-hydrogen) atoms. The number of benzene rings is 1. The smallest absolute Gasteiger partial charge is 0.315 e. The molecule has 1 fully saturated rings. The summed E-state index contributed by atoms with van der Waals surface area (Å²) in [7, 11) is 3.54. The molecule has 2 atom stereocenters. The summed E-state index contributed by atoms with van der Waals surface area (Å²) in [5, 5.41) is 9.63. The Kier molecular flexibility index (Phi) is 2.67. The molecular formula is C14H17NO4. The Morgan fingerprint density at radius 2 is 2.37 bits per heavy atom. The van der Waals surface area contributed by atoms with Crippen LogP contribution in [-0.4, -0.2) is 49.8 Å². The van der Waals surface area contributed by atoms with E-state index in [1.54, 1.807) is 7.11 Å². The molecule has 2 aliphatic heterocycles. The maximum Gasteiger partial charge on any atom is 0.315 e. The number of ether oxygens (including phenoxy) is 2. The van der Waals surface area contributed by atoms with Crippen LogP contribution in [0, 0.1) is 5.41 Å². The van der Waals surface area contributed by atoms with Crippen LogP contribution in [0.15, 0.2) is 18.2 Å². The summed E-state index contributed by atoms with van der Waals surface area (Å²) in [6, 6.07) is 5.67. The summed E-state index contributed by atoms with van der Waals surface area (Å²) in [6.45, 7) is 1.45. The zero-order valence-electron chi connectivity index (χ0n) is 11.0. The molecule has 5 heteroatoms. The summed E-state index contributed by atoms with van der Waals surface area (Å²) in [6.07, 6.45) is 0. The van der Waals surface area contributed by atoms with Gasteiger partial charge in [0.2, 0.25) is 0 Å². The lowest BCUT2D eigenvalue weighted by molar-refractivity contribution is -0.151. The summed E-state index contributed by atoms with van der Waals surface area (Å²) in [5.74, 6) is 0.539. The third-order valence-electron chi connectivity index (χ3n) is 4.22. The molecule has 1 saturated heterocycles. The Bertz CT molecular complexity index is 530. The minimum atomic E-state index is -0.839. The molecule has 2 heterocycles. The molecule has 0 amide bonds. The quantitative estimate of drug-likeness (QED) is 0.868. The van der Waals surface area contributed by atoms with Crippen molar-refractivity contribution < 1.29 is 19.4 Å². The second-order valence-corrected chi connectivity index (χ2v) is 5.38. The molecule has 1 aromatic carbocycles. The molecule has 5 nitrogen and oxygen atoms in total. The number of hydrogen-bond donors (Lipinski definition) is 1. The van der Waals surface area contributed by atoms with Crippen molar-refractivity contribution in [2.24, 2.45) is 5.41 Å². The Labute approximate surface area is 111 Å². The summed E-state index contributed by atoms with van der Waals surface area (Å²) < 4.78 is 11.0. The minimum Gasteiger partial charge on any atom is -0.493 e. The van der Waals surface area contributed by atoms with E-state index in [4.69, 9.17) is 9.47 Å². The Morgan fingerprint density at radius 1 is 1.58 bits per heavy atom. The molecular weight excluding hydrogens is 246 g/mol. The number of aliphatic carboxylic acids is 1. The molecule has 0 bridgehead atoms. The number of rotatable bonds is 2. The molecule has 102 valence electrons. The van der Waals surface area contributed by atoms with E-state index >= 15 is 0 Å². The second kappa shape index (κ2) is 4.13. The van der Waals surface area contributed by atoms with Gasteiger partial charge in [0.25, 0.3) is 0 Å². The molecule has 1 aromatic rings. The molecule has 3 rings (SSSR count). The van der Waals surface area contributed by atoms with Gasteiger partial charge in [-0.1, -0.05) is 12.1 Å². The standard InChI is InChI=1S/C14H17NO4/c1-15-6-10-9-4-3-5-11(18-2)12(9)19-8-14(10,7-15)13(16)17/h3-5,10H,6-8H2,1-2H3,(H,16,17)/t10-,14-/m0/s1. The van der Waals surface area contributed by atoms with Gasteiger partial charge in [0.15, 0.2) is 11.5 Å². The molecule has 0 unspecified atom stereocenters. The predicted molar refractivity (Wildman–Crippen MR) is 68.8 cm³/mol. The average Bonchev–Trinajstić information content (AvgIpc) is 2.76. The van der Waals surface area contributed by atoms with Crippen LogP contribution in [-0.2, 0) is 4.79 Å². The lowest BCUT2D eigenvalue weighted by atomic mass is 9.73. The fraction of sp³-hybridized carbons (Fsp3) is 0.500. The van der Waals surface area contributed by atoms with Gasteiger partial charge in [0.1, 0.15) is 12.0 Å². The largest absolute Gasteiger partial charge is 0.493 e. The number of nitrogens with zero attached hydrogens (tertiary/aromatic N) is 1. The molecule has 2 aliphatic rings. The molecule has 0 aliphatic carbocycles. The highest BCUT2D eigenvalue weighted by Gasteiger charge is 2.56. The van der Waals surface area contributed by atoms with E-state index in [2.05, 4.69) is 4.90 Å². The van der Waals surface area contributed by atoms with Crippen molar-refractivity contribution >= 4 is 5.97 Å². The monoisotopic (exact) mass is 263 g/mol. The van der Waals surface area contributed by atoms with Crippen molar-refractivity contribution in [3.63, 3.8) is 0 Å². The first-order chi connectivity index (χ1) is 9.08. The van der Waals surface area contributed by atoms with E-state index in [1.165, 1.54) is 0 Å². The van der Waals surface area contributed by atoms with Crippen molar-refractivity contribution in [3.8, 4) is 11.5 Å². The van der Waals surface area contributed by atoms with Crippen molar-refractivity contribution in [2.75, 3.05) is 33.9 Å². The zero-order chi connectivity index (χ0) is 13.6. The van der Waals surface area contributed by atoms with Gasteiger partial charge >= 0.3 is 5.97 Å². The van der Waals surface area contributed by atoms with Crippen LogP contribution >= 0.6 is 0 Å². The topological polar surface area (TPSA) is 59.0 Å². The van der Waals surface area contributed by atoms with Crippen LogP contribution in [0.5, 0.6) is 11.5 Å². The van der Waals surface area contributed by atoms with E-state index in [0.717, 1.165) is 12.1 Å². The van der Waals surface area contributed by atoms with E-state index in [9.17, 15) is 9.90 Å². The van der Waals surface area contributed by atoms with Gasteiger partial charge in [0.05, 0.1) is 7.11 Å². The highest BCUT2D eigenvalue weighted by molar-refractivity contribution is 5.78. The predicted octanol–water partition coefficient (Wildman–Crippen LogP) is 1.19. The number of methoxy groups -OCH3 is 1. The third-order valence-corrected chi connectivity index (χ3v) is 4.22. The van der Waals surface area contributed by atoms with Crippen LogP contribution in [0.25, 0.3) is 0 Å². The number of hydrogen-bond acceptors (Lipinski definition) is 4. The minimum absolute atomic E-state index is 0.0474. The van der Waals surface area contributed by atoms with Crippen LogP contribution in [0.3, 0.4) is 0 Å². The zero-order valence-corrected chi connectivity index (χ0v) is 11.0. The van der Waals surface area contributed by atoms with Crippen LogP contribution in [0.2, 0.25) is 0 Å². The van der Waals surface area contributed by atoms with Gasteiger partial charge in [-0.2, -0.15) is 0 Å². The summed E-state index contributed by atoms with van der Waals surface area (Å²) in [4.78, 5) is 13.8. The lowest BCUT2D eigenvalue weighted by Crippen LogP contribution is -2.45. The number of likely N-dealkylation sites (tertiary alicyclic amines) is 1. The molecule has 0 aromatic heterocycles. The van der Waals surface area contributed by atoms with Gasteiger partial charge in [-0.05, 0) is 13.1 Å². The van der Waals surface area contributed by atoms with Crippen LogP contribution < -0.4 is 9.47 Å². The van der Waals surface area contributed by atoms with E-state index in [0.29, 0.717) is 18.0 Å². The first-order valence-electron chi connectivity index (χ1n) is 6.30. The van der Waals surface area contributed by atoms with Gasteiger partial charge in [0, 0.05) is 24.6 Å². The Balaban J connectivity index is 2.12. The second-order valence-electron chi connectivity index (χ2n) is 5.38. The van der Waals surface area contributed by atoms with Crippen molar-refractivity contribution in [1.29, 1.82) is 0 Å². The normalized spacial score (nSPS) is 29.3. The lowest BCUT2D eigenvalue weighted by Gasteiger charge is -2.36. The summed E-state index contributed by atoms with van der Waals surface area (Å²) in [5.41, 5.74) is 0.103. The SMILES string of the molecule is COc1cccc2c1OC[C@@]1(C(=O)O)CN(C)C[C@@H]21. The number of fused-ring (bicyclic) bond motifs is 3. The van der Waals surface area contributed by atoms with E-state index in [-0.39, 0.29) is 12.5 Å². The first-order valence-corrected chi connectivity index (χ1v) is 6.30. The molecule has 0 radical (unpaired) electrons. The number of carbonyl (C=O) groups is 1. The molecule has 0 saturated carbocycles. The van der Waals surface area contributed by atoms with E-state index < -0.39 is 11.4 Å². The molecule has 1 N–H and O–H groups in total.